The van der Waals surface area contributed by atoms with Crippen LogP contribution in [0.15, 0.2) is 35.2 Å². The molecule has 1 aliphatic heterocycles. The summed E-state index contributed by atoms with van der Waals surface area (Å²) in [6, 6.07) is 9.58. The maximum Gasteiger partial charge on any atom is 0.241 e. The number of likely N-dealkylation sites (tertiary alicyclic amines) is 1. The summed E-state index contributed by atoms with van der Waals surface area (Å²) in [4.78, 5) is 2.75. The monoisotopic (exact) mass is 324 g/mol. The third kappa shape index (κ3) is 4.31. The molecule has 1 saturated heterocycles. The number of benzene rings is 1. The first-order valence-corrected chi connectivity index (χ1v) is 9.54. The predicted molar refractivity (Wildman–Crippen MR) is 90.3 cm³/mol. The van der Waals surface area contributed by atoms with Crippen LogP contribution in [0, 0.1) is 0 Å². The van der Waals surface area contributed by atoms with E-state index in [0.29, 0.717) is 17.0 Å². The van der Waals surface area contributed by atoms with Gasteiger partial charge in [0, 0.05) is 24.2 Å². The van der Waals surface area contributed by atoms with Crippen LogP contribution in [0.1, 0.15) is 47.0 Å². The molecule has 0 spiro atoms. The van der Waals surface area contributed by atoms with Gasteiger partial charge in [-0.05, 0) is 52.7 Å². The van der Waals surface area contributed by atoms with Crippen molar-refractivity contribution in [3.8, 4) is 0 Å². The first kappa shape index (κ1) is 17.4. The molecule has 0 bridgehead atoms. The van der Waals surface area contributed by atoms with Crippen LogP contribution in [0.5, 0.6) is 0 Å². The second-order valence-corrected chi connectivity index (χ2v) is 8.79. The van der Waals surface area contributed by atoms with Gasteiger partial charge < -0.3 is 0 Å². The van der Waals surface area contributed by atoms with Crippen LogP contribution < -0.4 is 4.72 Å². The third-order valence-electron chi connectivity index (χ3n) is 4.42. The molecule has 0 saturated carbocycles. The fourth-order valence-electron chi connectivity index (χ4n) is 3.30. The SMILES string of the molecule is C[C@H]1CCC[C@H](C)N1CC(C)(C)NS(=O)(=O)c1ccccc1. The molecule has 1 N–H and O–H groups in total. The average Bonchev–Trinajstić information content (AvgIpc) is 2.43. The molecule has 0 radical (unpaired) electrons. The van der Waals surface area contributed by atoms with Crippen molar-refractivity contribution in [1.29, 1.82) is 0 Å². The molecule has 124 valence electrons. The lowest BCUT2D eigenvalue weighted by molar-refractivity contribution is 0.0790. The van der Waals surface area contributed by atoms with Crippen LogP contribution in [-0.2, 0) is 10.0 Å². The Kier molecular flexibility index (Phi) is 5.30. The normalized spacial score (nSPS) is 24.4. The Hall–Kier alpha value is -0.910. The smallest absolute Gasteiger partial charge is 0.241 e. The summed E-state index contributed by atoms with van der Waals surface area (Å²) in [6.45, 7) is 9.11. The molecular weight excluding hydrogens is 296 g/mol. The van der Waals surface area contributed by atoms with Crippen LogP contribution >= 0.6 is 0 Å². The summed E-state index contributed by atoms with van der Waals surface area (Å²) in [7, 11) is -3.48. The van der Waals surface area contributed by atoms with E-state index in [0.717, 1.165) is 6.54 Å². The van der Waals surface area contributed by atoms with Crippen LogP contribution in [0.25, 0.3) is 0 Å². The predicted octanol–water partition coefficient (Wildman–Crippen LogP) is 3.01. The van der Waals surface area contributed by atoms with Gasteiger partial charge in [-0.2, -0.15) is 0 Å². The van der Waals surface area contributed by atoms with Crippen molar-refractivity contribution in [1.82, 2.24) is 9.62 Å². The minimum Gasteiger partial charge on any atom is -0.296 e. The van der Waals surface area contributed by atoms with E-state index in [9.17, 15) is 8.42 Å². The maximum atomic E-state index is 12.5. The Morgan fingerprint density at radius 3 is 2.23 bits per heavy atom. The largest absolute Gasteiger partial charge is 0.296 e. The van der Waals surface area contributed by atoms with Crippen molar-refractivity contribution in [3.63, 3.8) is 0 Å². The van der Waals surface area contributed by atoms with Gasteiger partial charge in [-0.3, -0.25) is 4.90 Å². The zero-order valence-corrected chi connectivity index (χ0v) is 14.9. The van der Waals surface area contributed by atoms with Crippen molar-refractivity contribution < 1.29 is 8.42 Å². The molecule has 2 atom stereocenters. The third-order valence-corrected chi connectivity index (χ3v) is 6.13. The first-order chi connectivity index (χ1) is 10.2. The highest BCUT2D eigenvalue weighted by Gasteiger charge is 2.33. The van der Waals surface area contributed by atoms with E-state index < -0.39 is 15.6 Å². The van der Waals surface area contributed by atoms with E-state index in [4.69, 9.17) is 0 Å². The van der Waals surface area contributed by atoms with E-state index in [1.165, 1.54) is 19.3 Å². The Balaban J connectivity index is 2.10. The molecule has 2 rings (SSSR count). The Bertz CT molecular complexity index is 574. The minimum absolute atomic E-state index is 0.322. The second-order valence-electron chi connectivity index (χ2n) is 7.10. The number of piperidine rings is 1. The summed E-state index contributed by atoms with van der Waals surface area (Å²) < 4.78 is 27.9. The summed E-state index contributed by atoms with van der Waals surface area (Å²) in [6.07, 6.45) is 3.63. The standard InChI is InChI=1S/C17H28N2O2S/c1-14-9-8-10-15(2)19(14)13-17(3,4)18-22(20,21)16-11-6-5-7-12-16/h5-7,11-12,14-15,18H,8-10,13H2,1-4H3/t14-,15-/m0/s1. The molecule has 1 fully saturated rings. The number of nitrogens with zero attached hydrogens (tertiary/aromatic N) is 1. The Labute approximate surface area is 135 Å². The minimum atomic E-state index is -3.48. The Morgan fingerprint density at radius 1 is 1.14 bits per heavy atom. The molecule has 22 heavy (non-hydrogen) atoms. The second kappa shape index (κ2) is 6.69. The van der Waals surface area contributed by atoms with Gasteiger partial charge in [-0.25, -0.2) is 13.1 Å². The fourth-order valence-corrected chi connectivity index (χ4v) is 4.72. The summed E-state index contributed by atoms with van der Waals surface area (Å²) in [5, 5.41) is 0. The molecular formula is C17H28N2O2S. The van der Waals surface area contributed by atoms with Crippen molar-refractivity contribution >= 4 is 10.0 Å². The molecule has 5 heteroatoms. The van der Waals surface area contributed by atoms with E-state index >= 15 is 0 Å². The van der Waals surface area contributed by atoms with Gasteiger partial charge >= 0.3 is 0 Å². The fraction of sp³-hybridized carbons (Fsp3) is 0.647. The molecule has 1 aromatic carbocycles. The van der Waals surface area contributed by atoms with Gasteiger partial charge in [0.25, 0.3) is 0 Å². The van der Waals surface area contributed by atoms with E-state index in [2.05, 4.69) is 23.5 Å². The van der Waals surface area contributed by atoms with Crippen LogP contribution in [-0.4, -0.2) is 37.5 Å². The summed E-state index contributed by atoms with van der Waals surface area (Å²) in [5.41, 5.74) is -0.505. The van der Waals surface area contributed by atoms with Crippen LogP contribution in [0.4, 0.5) is 0 Å². The maximum absolute atomic E-state index is 12.5. The summed E-state index contributed by atoms with van der Waals surface area (Å²) in [5.74, 6) is 0. The van der Waals surface area contributed by atoms with Gasteiger partial charge in [0.1, 0.15) is 0 Å². The molecule has 1 heterocycles. The van der Waals surface area contributed by atoms with Crippen molar-refractivity contribution in [3.05, 3.63) is 30.3 Å². The molecule has 4 nitrogen and oxygen atoms in total. The van der Waals surface area contributed by atoms with E-state index in [1.807, 2.05) is 19.9 Å². The van der Waals surface area contributed by atoms with Crippen LogP contribution in [0.2, 0.25) is 0 Å². The molecule has 0 unspecified atom stereocenters. The van der Waals surface area contributed by atoms with Gasteiger partial charge in [0.15, 0.2) is 0 Å². The highest BCUT2D eigenvalue weighted by molar-refractivity contribution is 7.89. The molecule has 1 aromatic rings. The number of sulfonamides is 1. The van der Waals surface area contributed by atoms with E-state index in [-0.39, 0.29) is 0 Å². The molecule has 1 aliphatic rings. The van der Waals surface area contributed by atoms with Gasteiger partial charge in [-0.15, -0.1) is 0 Å². The first-order valence-electron chi connectivity index (χ1n) is 8.06. The zero-order chi connectivity index (χ0) is 16.4. The van der Waals surface area contributed by atoms with Gasteiger partial charge in [0.05, 0.1) is 4.90 Å². The molecule has 0 aliphatic carbocycles. The summed E-state index contributed by atoms with van der Waals surface area (Å²) >= 11 is 0. The Morgan fingerprint density at radius 2 is 1.68 bits per heavy atom. The highest BCUT2D eigenvalue weighted by atomic mass is 32.2. The average molecular weight is 324 g/mol. The van der Waals surface area contributed by atoms with Gasteiger partial charge in [0.2, 0.25) is 10.0 Å². The zero-order valence-electron chi connectivity index (χ0n) is 14.0. The highest BCUT2D eigenvalue weighted by Crippen LogP contribution is 2.25. The van der Waals surface area contributed by atoms with Crippen molar-refractivity contribution in [2.75, 3.05) is 6.54 Å². The molecule has 0 amide bonds. The number of hydrogen-bond acceptors (Lipinski definition) is 3. The van der Waals surface area contributed by atoms with Crippen molar-refractivity contribution in [2.45, 2.75) is 69.5 Å². The van der Waals surface area contributed by atoms with Gasteiger partial charge in [-0.1, -0.05) is 24.6 Å². The van der Waals surface area contributed by atoms with Crippen LogP contribution in [0.3, 0.4) is 0 Å². The number of hydrogen-bond donors (Lipinski definition) is 1. The number of rotatable bonds is 5. The number of nitrogens with one attached hydrogen (secondary N) is 1. The van der Waals surface area contributed by atoms with E-state index in [1.54, 1.807) is 24.3 Å². The lowest BCUT2D eigenvalue weighted by Gasteiger charge is -2.43. The molecule has 0 aromatic heterocycles. The lowest BCUT2D eigenvalue weighted by Crippen LogP contribution is -2.56. The lowest BCUT2D eigenvalue weighted by atomic mass is 9.94. The quantitative estimate of drug-likeness (QED) is 0.906. The topological polar surface area (TPSA) is 49.4 Å². The van der Waals surface area contributed by atoms with Crippen molar-refractivity contribution in [2.24, 2.45) is 0 Å².